The van der Waals surface area contributed by atoms with E-state index in [2.05, 4.69) is 117 Å². The molecule has 37 heavy (non-hydrogen) atoms. The fraction of sp³-hybridized carbons (Fsp3) is 0.0571. The van der Waals surface area contributed by atoms with Gasteiger partial charge in [0.2, 0.25) is 0 Å². The van der Waals surface area contributed by atoms with Gasteiger partial charge in [-0.3, -0.25) is 4.98 Å². The van der Waals surface area contributed by atoms with Crippen LogP contribution in [0.1, 0.15) is 11.1 Å². The molecule has 1 heterocycles. The van der Waals surface area contributed by atoms with E-state index in [-0.39, 0.29) is 0 Å². The van der Waals surface area contributed by atoms with E-state index in [1.807, 2.05) is 18.3 Å². The van der Waals surface area contributed by atoms with Gasteiger partial charge in [-0.2, -0.15) is 0 Å². The molecule has 178 valence electrons. The zero-order chi connectivity index (χ0) is 25.4. The van der Waals surface area contributed by atoms with Gasteiger partial charge in [0, 0.05) is 22.2 Å². The number of hydrogen-bond acceptors (Lipinski definition) is 1. The normalized spacial score (nSPS) is 11.1. The standard InChI is InChI=1S/C35H26ClN/c1-23-3-5-25(6-4-23)26-7-13-29(14-8-26)33-19-31-16-15-30(21-35(31)37-22-33)27-9-11-28(12-10-27)32-17-24(2)18-34(36)20-32/h3-22H,1-2H3. The van der Waals surface area contributed by atoms with Crippen LogP contribution in [0, 0.1) is 13.8 Å². The minimum atomic E-state index is 0.765. The Labute approximate surface area is 223 Å². The second-order valence-electron chi connectivity index (χ2n) is 9.67. The fourth-order valence-corrected chi connectivity index (χ4v) is 5.11. The van der Waals surface area contributed by atoms with Crippen LogP contribution in [0.4, 0.5) is 0 Å². The van der Waals surface area contributed by atoms with Gasteiger partial charge in [0.15, 0.2) is 0 Å². The first-order valence-electron chi connectivity index (χ1n) is 12.5. The number of pyridine rings is 1. The highest BCUT2D eigenvalue weighted by Gasteiger charge is 2.06. The molecule has 0 saturated heterocycles. The number of aromatic nitrogens is 1. The molecule has 0 N–H and O–H groups in total. The molecule has 0 aliphatic heterocycles. The summed E-state index contributed by atoms with van der Waals surface area (Å²) in [7, 11) is 0. The van der Waals surface area contributed by atoms with Gasteiger partial charge < -0.3 is 0 Å². The van der Waals surface area contributed by atoms with E-state index in [1.54, 1.807) is 0 Å². The van der Waals surface area contributed by atoms with Crippen molar-refractivity contribution in [2.24, 2.45) is 0 Å². The van der Waals surface area contributed by atoms with Crippen molar-refractivity contribution in [3.05, 3.63) is 138 Å². The van der Waals surface area contributed by atoms with Crippen LogP contribution in [-0.2, 0) is 0 Å². The molecule has 2 heteroatoms. The topological polar surface area (TPSA) is 12.9 Å². The van der Waals surface area contributed by atoms with E-state index >= 15 is 0 Å². The average molecular weight is 496 g/mol. The van der Waals surface area contributed by atoms with Crippen LogP contribution >= 0.6 is 11.6 Å². The lowest BCUT2D eigenvalue weighted by Crippen LogP contribution is -1.86. The van der Waals surface area contributed by atoms with Crippen molar-refractivity contribution < 1.29 is 0 Å². The summed E-state index contributed by atoms with van der Waals surface area (Å²) in [4.78, 5) is 4.80. The molecule has 0 saturated carbocycles. The molecule has 1 nitrogen and oxygen atoms in total. The molecule has 1 aromatic heterocycles. The van der Waals surface area contributed by atoms with Crippen molar-refractivity contribution in [2.45, 2.75) is 13.8 Å². The molecule has 0 amide bonds. The van der Waals surface area contributed by atoms with Gasteiger partial charge in [0.25, 0.3) is 0 Å². The Kier molecular flexibility index (Phi) is 6.08. The van der Waals surface area contributed by atoms with Crippen molar-refractivity contribution in [3.63, 3.8) is 0 Å². The lowest BCUT2D eigenvalue weighted by atomic mass is 9.97. The van der Waals surface area contributed by atoms with Crippen LogP contribution in [0.5, 0.6) is 0 Å². The van der Waals surface area contributed by atoms with Crippen molar-refractivity contribution >= 4 is 22.5 Å². The molecule has 0 spiro atoms. The Bertz CT molecular complexity index is 1690. The lowest BCUT2D eigenvalue weighted by Gasteiger charge is -2.09. The molecule has 0 bridgehead atoms. The minimum absolute atomic E-state index is 0.765. The number of aryl methyl sites for hydroxylation is 2. The van der Waals surface area contributed by atoms with Gasteiger partial charge in [-0.05, 0) is 82.6 Å². The molecule has 0 unspecified atom stereocenters. The molecular weight excluding hydrogens is 470 g/mol. The van der Waals surface area contributed by atoms with E-state index < -0.39 is 0 Å². The molecule has 6 aromatic rings. The highest BCUT2D eigenvalue weighted by Crippen LogP contribution is 2.31. The smallest absolute Gasteiger partial charge is 0.0708 e. The van der Waals surface area contributed by atoms with Gasteiger partial charge in [-0.1, -0.05) is 108 Å². The molecule has 0 aliphatic rings. The lowest BCUT2D eigenvalue weighted by molar-refractivity contribution is 1.41. The Morgan fingerprint density at radius 1 is 0.432 bits per heavy atom. The predicted molar refractivity (Wildman–Crippen MR) is 158 cm³/mol. The molecule has 0 aliphatic carbocycles. The highest BCUT2D eigenvalue weighted by atomic mass is 35.5. The molecule has 5 aromatic carbocycles. The van der Waals surface area contributed by atoms with Gasteiger partial charge in [0.1, 0.15) is 0 Å². The van der Waals surface area contributed by atoms with Crippen LogP contribution < -0.4 is 0 Å². The number of fused-ring (bicyclic) bond motifs is 1. The van der Waals surface area contributed by atoms with Crippen molar-refractivity contribution in [1.82, 2.24) is 4.98 Å². The second kappa shape index (κ2) is 9.69. The maximum absolute atomic E-state index is 6.26. The summed E-state index contributed by atoms with van der Waals surface area (Å²) in [6.45, 7) is 4.18. The van der Waals surface area contributed by atoms with Crippen LogP contribution in [0.15, 0.2) is 121 Å². The summed E-state index contributed by atoms with van der Waals surface area (Å²) in [5.74, 6) is 0. The van der Waals surface area contributed by atoms with Gasteiger partial charge in [-0.15, -0.1) is 0 Å². The molecule has 0 fully saturated rings. The van der Waals surface area contributed by atoms with Crippen LogP contribution in [-0.4, -0.2) is 4.98 Å². The maximum Gasteiger partial charge on any atom is 0.0708 e. The summed E-state index contributed by atoms with van der Waals surface area (Å²) in [5.41, 5.74) is 12.8. The first-order chi connectivity index (χ1) is 18.0. The summed E-state index contributed by atoms with van der Waals surface area (Å²) >= 11 is 6.26. The third-order valence-electron chi connectivity index (χ3n) is 6.88. The van der Waals surface area contributed by atoms with Crippen molar-refractivity contribution in [1.29, 1.82) is 0 Å². The predicted octanol–water partition coefficient (Wildman–Crippen LogP) is 10.2. The average Bonchev–Trinajstić information content (AvgIpc) is 2.93. The Morgan fingerprint density at radius 3 is 1.57 bits per heavy atom. The third-order valence-corrected chi connectivity index (χ3v) is 7.10. The fourth-order valence-electron chi connectivity index (χ4n) is 4.82. The number of benzene rings is 5. The second-order valence-corrected chi connectivity index (χ2v) is 10.1. The molecule has 0 radical (unpaired) electrons. The number of halogens is 1. The number of rotatable bonds is 4. The Hall–Kier alpha value is -4.20. The van der Waals surface area contributed by atoms with Crippen LogP contribution in [0.2, 0.25) is 5.02 Å². The number of hydrogen-bond donors (Lipinski definition) is 0. The first-order valence-corrected chi connectivity index (χ1v) is 12.8. The zero-order valence-corrected chi connectivity index (χ0v) is 21.6. The van der Waals surface area contributed by atoms with E-state index in [1.165, 1.54) is 27.8 Å². The van der Waals surface area contributed by atoms with Crippen LogP contribution in [0.3, 0.4) is 0 Å². The maximum atomic E-state index is 6.26. The quantitative estimate of drug-likeness (QED) is 0.237. The molecular formula is C35H26ClN. The van der Waals surface area contributed by atoms with Gasteiger partial charge >= 0.3 is 0 Å². The summed E-state index contributed by atoms with van der Waals surface area (Å²) in [5, 5.41) is 1.90. The Balaban J connectivity index is 1.25. The summed E-state index contributed by atoms with van der Waals surface area (Å²) < 4.78 is 0. The van der Waals surface area contributed by atoms with Gasteiger partial charge in [0.05, 0.1) is 5.52 Å². The monoisotopic (exact) mass is 495 g/mol. The van der Waals surface area contributed by atoms with E-state index in [4.69, 9.17) is 16.6 Å². The van der Waals surface area contributed by atoms with Crippen LogP contribution in [0.25, 0.3) is 55.4 Å². The van der Waals surface area contributed by atoms with Gasteiger partial charge in [-0.25, -0.2) is 0 Å². The van der Waals surface area contributed by atoms with E-state index in [9.17, 15) is 0 Å². The Morgan fingerprint density at radius 2 is 0.946 bits per heavy atom. The largest absolute Gasteiger partial charge is 0.256 e. The summed E-state index contributed by atoms with van der Waals surface area (Å²) in [6, 6.07) is 40.9. The molecule has 0 atom stereocenters. The van der Waals surface area contributed by atoms with Crippen molar-refractivity contribution in [3.8, 4) is 44.5 Å². The zero-order valence-electron chi connectivity index (χ0n) is 20.9. The first kappa shape index (κ1) is 23.2. The molecule has 6 rings (SSSR count). The minimum Gasteiger partial charge on any atom is -0.256 e. The van der Waals surface area contributed by atoms with E-state index in [0.29, 0.717) is 0 Å². The summed E-state index contributed by atoms with van der Waals surface area (Å²) in [6.07, 6.45) is 1.97. The highest BCUT2D eigenvalue weighted by molar-refractivity contribution is 6.31. The third kappa shape index (κ3) is 4.91. The SMILES string of the molecule is Cc1ccc(-c2ccc(-c3cnc4cc(-c5ccc(-c6cc(C)cc(Cl)c6)cc5)ccc4c3)cc2)cc1. The van der Waals surface area contributed by atoms with E-state index in [0.717, 1.165) is 43.7 Å². The number of nitrogens with zero attached hydrogens (tertiary/aromatic N) is 1. The van der Waals surface area contributed by atoms with Crippen molar-refractivity contribution in [2.75, 3.05) is 0 Å².